The number of benzene rings is 1. The fraction of sp³-hybridized carbons (Fsp3) is 0.467. The van der Waals surface area contributed by atoms with E-state index in [9.17, 15) is 9.50 Å². The van der Waals surface area contributed by atoms with Crippen LogP contribution in [0.25, 0.3) is 0 Å². The van der Waals surface area contributed by atoms with Crippen molar-refractivity contribution in [1.82, 2.24) is 0 Å². The van der Waals surface area contributed by atoms with Crippen LogP contribution < -0.4 is 4.90 Å². The molecule has 0 amide bonds. The predicted molar refractivity (Wildman–Crippen MR) is 74.3 cm³/mol. The van der Waals surface area contributed by atoms with Gasteiger partial charge in [0.05, 0.1) is 6.10 Å². The monoisotopic (exact) mass is 251 g/mol. The average Bonchev–Trinajstić information content (AvgIpc) is 2.24. The van der Waals surface area contributed by atoms with Gasteiger partial charge in [-0.2, -0.15) is 0 Å². The first kappa shape index (κ1) is 14.7. The molecule has 18 heavy (non-hydrogen) atoms. The number of anilines is 1. The van der Waals surface area contributed by atoms with E-state index in [1.54, 1.807) is 19.1 Å². The Labute approximate surface area is 109 Å². The second-order valence-corrected chi connectivity index (χ2v) is 5.45. The van der Waals surface area contributed by atoms with E-state index >= 15 is 0 Å². The van der Waals surface area contributed by atoms with Crippen LogP contribution in [-0.4, -0.2) is 17.2 Å². The summed E-state index contributed by atoms with van der Waals surface area (Å²) in [6.07, 6.45) is 1.10. The Kier molecular flexibility index (Phi) is 4.52. The molecule has 0 aliphatic carbocycles. The summed E-state index contributed by atoms with van der Waals surface area (Å²) < 4.78 is 13.3. The number of rotatable bonds is 4. The number of halogens is 1. The van der Waals surface area contributed by atoms with Crippen LogP contribution in [0.3, 0.4) is 0 Å². The Balaban J connectivity index is 3.31. The van der Waals surface area contributed by atoms with Gasteiger partial charge >= 0.3 is 0 Å². The third-order valence-electron chi connectivity index (χ3n) is 2.85. The Morgan fingerprint density at radius 1 is 1.44 bits per heavy atom. The molecule has 0 saturated carbocycles. The third-order valence-corrected chi connectivity index (χ3v) is 2.85. The molecule has 1 unspecified atom stereocenters. The molecule has 100 valence electrons. The molecule has 0 spiro atoms. The predicted octanol–water partition coefficient (Wildman–Crippen LogP) is 3.67. The average molecular weight is 251 g/mol. The van der Waals surface area contributed by atoms with Gasteiger partial charge in [0, 0.05) is 23.3 Å². The second-order valence-electron chi connectivity index (χ2n) is 5.45. The molecule has 0 aromatic heterocycles. The van der Waals surface area contributed by atoms with Crippen molar-refractivity contribution in [2.24, 2.45) is 0 Å². The lowest BCUT2D eigenvalue weighted by Gasteiger charge is -2.38. The highest BCUT2D eigenvalue weighted by atomic mass is 19.1. The molecular formula is C15H22FNO. The fourth-order valence-corrected chi connectivity index (χ4v) is 1.97. The molecular weight excluding hydrogens is 229 g/mol. The maximum atomic E-state index is 13.3. The third kappa shape index (κ3) is 3.33. The van der Waals surface area contributed by atoms with Gasteiger partial charge in [-0.05, 0) is 45.9 Å². The quantitative estimate of drug-likeness (QED) is 0.825. The van der Waals surface area contributed by atoms with Crippen LogP contribution in [0, 0.1) is 5.82 Å². The lowest BCUT2D eigenvalue weighted by molar-refractivity contribution is 0.199. The van der Waals surface area contributed by atoms with E-state index < -0.39 is 6.10 Å². The largest absolute Gasteiger partial charge is 0.389 e. The first-order chi connectivity index (χ1) is 8.27. The van der Waals surface area contributed by atoms with E-state index in [1.165, 1.54) is 12.1 Å². The van der Waals surface area contributed by atoms with Crippen molar-refractivity contribution >= 4 is 5.69 Å². The van der Waals surface area contributed by atoms with Crippen LogP contribution in [0.1, 0.15) is 39.4 Å². The molecule has 0 aliphatic heterocycles. The van der Waals surface area contributed by atoms with Crippen molar-refractivity contribution in [3.63, 3.8) is 0 Å². The summed E-state index contributed by atoms with van der Waals surface area (Å²) in [7, 11) is 0. The van der Waals surface area contributed by atoms with Gasteiger partial charge in [-0.15, -0.1) is 6.58 Å². The SMILES string of the molecule is C=CCN(c1ccc(F)cc1C(C)O)C(C)(C)C. The van der Waals surface area contributed by atoms with Gasteiger partial charge in [0.1, 0.15) is 5.82 Å². The molecule has 1 aromatic rings. The zero-order valence-electron chi connectivity index (χ0n) is 11.6. The minimum absolute atomic E-state index is 0.129. The highest BCUT2D eigenvalue weighted by Crippen LogP contribution is 2.31. The maximum Gasteiger partial charge on any atom is 0.123 e. The van der Waals surface area contributed by atoms with Gasteiger partial charge in [-0.1, -0.05) is 6.08 Å². The van der Waals surface area contributed by atoms with Gasteiger partial charge in [0.15, 0.2) is 0 Å². The standard InChI is InChI=1S/C15H22FNO/c1-6-9-17(15(3,4)5)14-8-7-12(16)10-13(14)11(2)18/h6-8,10-11,18H,1,9H2,2-5H3. The molecule has 1 rings (SSSR count). The summed E-state index contributed by atoms with van der Waals surface area (Å²) in [6, 6.07) is 4.52. The van der Waals surface area contributed by atoms with E-state index in [2.05, 4.69) is 32.3 Å². The van der Waals surface area contributed by atoms with Crippen molar-refractivity contribution in [3.8, 4) is 0 Å². The van der Waals surface area contributed by atoms with Crippen molar-refractivity contribution in [3.05, 3.63) is 42.2 Å². The summed E-state index contributed by atoms with van der Waals surface area (Å²) in [6.45, 7) is 12.3. The van der Waals surface area contributed by atoms with E-state index in [1.807, 2.05) is 0 Å². The van der Waals surface area contributed by atoms with Crippen molar-refractivity contribution in [2.75, 3.05) is 11.4 Å². The van der Waals surface area contributed by atoms with Crippen LogP contribution in [0.5, 0.6) is 0 Å². The van der Waals surface area contributed by atoms with Gasteiger partial charge in [0.2, 0.25) is 0 Å². The first-order valence-electron chi connectivity index (χ1n) is 6.13. The lowest BCUT2D eigenvalue weighted by Crippen LogP contribution is -2.42. The Morgan fingerprint density at radius 2 is 2.06 bits per heavy atom. The molecule has 0 radical (unpaired) electrons. The van der Waals surface area contributed by atoms with Crippen LogP contribution in [0.15, 0.2) is 30.9 Å². The zero-order chi connectivity index (χ0) is 13.9. The molecule has 0 fully saturated rings. The van der Waals surface area contributed by atoms with Gasteiger partial charge < -0.3 is 10.0 Å². The molecule has 0 saturated heterocycles. The summed E-state index contributed by atoms with van der Waals surface area (Å²) >= 11 is 0. The van der Waals surface area contributed by atoms with E-state index in [4.69, 9.17) is 0 Å². The molecule has 0 aliphatic rings. The summed E-state index contributed by atoms with van der Waals surface area (Å²) in [5.41, 5.74) is 1.32. The summed E-state index contributed by atoms with van der Waals surface area (Å²) in [4.78, 5) is 2.10. The lowest BCUT2D eigenvalue weighted by atomic mass is 10.0. The number of aliphatic hydroxyl groups excluding tert-OH is 1. The van der Waals surface area contributed by atoms with E-state index in [0.717, 1.165) is 5.69 Å². The van der Waals surface area contributed by atoms with Crippen LogP contribution >= 0.6 is 0 Å². The Bertz CT molecular complexity index is 421. The minimum Gasteiger partial charge on any atom is -0.389 e. The molecule has 0 bridgehead atoms. The number of hydrogen-bond acceptors (Lipinski definition) is 2. The fourth-order valence-electron chi connectivity index (χ4n) is 1.97. The molecule has 1 N–H and O–H groups in total. The topological polar surface area (TPSA) is 23.5 Å². The molecule has 1 aromatic carbocycles. The Morgan fingerprint density at radius 3 is 2.50 bits per heavy atom. The van der Waals surface area contributed by atoms with Gasteiger partial charge in [0.25, 0.3) is 0 Å². The van der Waals surface area contributed by atoms with Crippen molar-refractivity contribution < 1.29 is 9.50 Å². The second kappa shape index (κ2) is 5.53. The van der Waals surface area contributed by atoms with Gasteiger partial charge in [-0.3, -0.25) is 0 Å². The van der Waals surface area contributed by atoms with Crippen LogP contribution in [0.2, 0.25) is 0 Å². The van der Waals surface area contributed by atoms with Crippen LogP contribution in [-0.2, 0) is 0 Å². The van der Waals surface area contributed by atoms with Crippen molar-refractivity contribution in [1.29, 1.82) is 0 Å². The first-order valence-corrected chi connectivity index (χ1v) is 6.13. The summed E-state index contributed by atoms with van der Waals surface area (Å²) in [5.74, 6) is -0.331. The number of nitrogens with zero attached hydrogens (tertiary/aromatic N) is 1. The smallest absolute Gasteiger partial charge is 0.123 e. The normalized spacial score (nSPS) is 13.2. The molecule has 2 nitrogen and oxygen atoms in total. The molecule has 3 heteroatoms. The van der Waals surface area contributed by atoms with E-state index in [0.29, 0.717) is 12.1 Å². The minimum atomic E-state index is -0.703. The molecule has 0 heterocycles. The molecule has 1 atom stereocenters. The van der Waals surface area contributed by atoms with Crippen LogP contribution in [0.4, 0.5) is 10.1 Å². The van der Waals surface area contributed by atoms with Crippen molar-refractivity contribution in [2.45, 2.75) is 39.3 Å². The maximum absolute atomic E-state index is 13.3. The number of hydrogen-bond donors (Lipinski definition) is 1. The van der Waals surface area contributed by atoms with Gasteiger partial charge in [-0.25, -0.2) is 4.39 Å². The summed E-state index contributed by atoms with van der Waals surface area (Å²) in [5, 5.41) is 9.79. The Hall–Kier alpha value is -1.35. The number of aliphatic hydroxyl groups is 1. The zero-order valence-corrected chi connectivity index (χ0v) is 11.6. The highest BCUT2D eigenvalue weighted by Gasteiger charge is 2.24. The van der Waals surface area contributed by atoms with E-state index in [-0.39, 0.29) is 11.4 Å². The highest BCUT2D eigenvalue weighted by molar-refractivity contribution is 5.57.